The molecular weight excluding hydrogens is 214 g/mol. The van der Waals surface area contributed by atoms with Crippen LogP contribution in [0.25, 0.3) is 0 Å². The summed E-state index contributed by atoms with van der Waals surface area (Å²) in [6.45, 7) is 5.23. The van der Waals surface area contributed by atoms with Gasteiger partial charge in [-0.1, -0.05) is 26.2 Å². The zero-order valence-electron chi connectivity index (χ0n) is 11.0. The molecule has 0 aromatic carbocycles. The molecule has 4 heteroatoms. The molecule has 98 valence electrons. The monoisotopic (exact) mass is 239 g/mol. The van der Waals surface area contributed by atoms with Crippen LogP contribution < -0.4 is 16.4 Å². The Balaban J connectivity index is 4.05. The van der Waals surface area contributed by atoms with Gasteiger partial charge in [-0.05, 0) is 12.8 Å². The fraction of sp³-hybridized carbons (Fsp3) is 0.769. The molecule has 2 unspecified atom stereocenters. The van der Waals surface area contributed by atoms with Crippen LogP contribution in [-0.2, 0) is 4.79 Å². The van der Waals surface area contributed by atoms with Crippen LogP contribution in [0.15, 0.2) is 0 Å². The third-order valence-electron chi connectivity index (χ3n) is 2.50. The quantitative estimate of drug-likeness (QED) is 0.517. The maximum Gasteiger partial charge on any atom is 0.221 e. The van der Waals surface area contributed by atoms with Crippen molar-refractivity contribution in [3.63, 3.8) is 0 Å². The Labute approximate surface area is 105 Å². The van der Waals surface area contributed by atoms with Gasteiger partial charge < -0.3 is 11.1 Å². The average molecular weight is 239 g/mol. The van der Waals surface area contributed by atoms with Crippen LogP contribution >= 0.6 is 0 Å². The molecule has 0 bridgehead atoms. The number of rotatable bonds is 9. The van der Waals surface area contributed by atoms with Gasteiger partial charge in [0.2, 0.25) is 5.91 Å². The van der Waals surface area contributed by atoms with Crippen LogP contribution in [0.5, 0.6) is 0 Å². The Morgan fingerprint density at radius 1 is 1.41 bits per heavy atom. The number of hydrogen-bond acceptors (Lipinski definition) is 3. The van der Waals surface area contributed by atoms with Gasteiger partial charge in [0.1, 0.15) is 0 Å². The minimum Gasteiger partial charge on any atom is -0.356 e. The zero-order valence-corrected chi connectivity index (χ0v) is 11.0. The van der Waals surface area contributed by atoms with E-state index in [1.54, 1.807) is 0 Å². The van der Waals surface area contributed by atoms with Gasteiger partial charge in [0.25, 0.3) is 0 Å². The van der Waals surface area contributed by atoms with E-state index >= 15 is 0 Å². The van der Waals surface area contributed by atoms with Gasteiger partial charge in [-0.2, -0.15) is 0 Å². The van der Waals surface area contributed by atoms with Gasteiger partial charge in [-0.25, -0.2) is 0 Å². The van der Waals surface area contributed by atoms with E-state index in [2.05, 4.69) is 23.5 Å². The summed E-state index contributed by atoms with van der Waals surface area (Å²) in [5.41, 5.74) is 5.64. The van der Waals surface area contributed by atoms with Crippen LogP contribution in [0, 0.1) is 12.3 Å². The first-order valence-electron chi connectivity index (χ1n) is 6.36. The summed E-state index contributed by atoms with van der Waals surface area (Å²) in [5, 5.41) is 6.07. The second kappa shape index (κ2) is 10.1. The molecule has 2 atom stereocenters. The fourth-order valence-corrected chi connectivity index (χ4v) is 1.56. The van der Waals surface area contributed by atoms with Gasteiger partial charge in [-0.3, -0.25) is 10.1 Å². The molecule has 0 radical (unpaired) electrons. The molecule has 0 aliphatic rings. The largest absolute Gasteiger partial charge is 0.356 e. The Kier molecular flexibility index (Phi) is 9.50. The number of hydrogen-bond donors (Lipinski definition) is 3. The number of nitrogens with one attached hydrogen (secondary N) is 2. The topological polar surface area (TPSA) is 67.1 Å². The molecule has 0 spiro atoms. The lowest BCUT2D eigenvalue weighted by molar-refractivity contribution is -0.121. The Morgan fingerprint density at radius 3 is 2.59 bits per heavy atom. The van der Waals surface area contributed by atoms with Crippen LogP contribution in [0.2, 0.25) is 0 Å². The van der Waals surface area contributed by atoms with Crippen molar-refractivity contribution < 1.29 is 4.79 Å². The zero-order chi connectivity index (χ0) is 13.1. The maximum atomic E-state index is 11.5. The molecule has 4 nitrogen and oxygen atoms in total. The predicted molar refractivity (Wildman–Crippen MR) is 71.4 cm³/mol. The van der Waals surface area contributed by atoms with Crippen molar-refractivity contribution >= 4 is 5.91 Å². The van der Waals surface area contributed by atoms with Crippen LogP contribution in [0.3, 0.4) is 0 Å². The van der Waals surface area contributed by atoms with Gasteiger partial charge >= 0.3 is 0 Å². The van der Waals surface area contributed by atoms with Crippen molar-refractivity contribution in [1.82, 2.24) is 10.6 Å². The minimum absolute atomic E-state index is 0.00697. The molecule has 0 saturated heterocycles. The van der Waals surface area contributed by atoms with E-state index in [-0.39, 0.29) is 18.0 Å². The second-order valence-corrected chi connectivity index (χ2v) is 4.16. The van der Waals surface area contributed by atoms with E-state index in [1.165, 1.54) is 0 Å². The van der Waals surface area contributed by atoms with E-state index in [0.717, 1.165) is 19.3 Å². The molecule has 0 aliphatic heterocycles. The summed E-state index contributed by atoms with van der Waals surface area (Å²) in [6.07, 6.45) is 8.67. The maximum absolute atomic E-state index is 11.5. The van der Waals surface area contributed by atoms with E-state index < -0.39 is 0 Å². The van der Waals surface area contributed by atoms with Gasteiger partial charge in [0.15, 0.2) is 0 Å². The van der Waals surface area contributed by atoms with Crippen molar-refractivity contribution in [1.29, 1.82) is 0 Å². The average Bonchev–Trinajstić information content (AvgIpc) is 2.34. The van der Waals surface area contributed by atoms with Crippen LogP contribution in [-0.4, -0.2) is 31.1 Å². The first-order chi connectivity index (χ1) is 8.17. The normalized spacial score (nSPS) is 13.8. The predicted octanol–water partition coefficient (Wildman–Crippen LogP) is 0.622. The summed E-state index contributed by atoms with van der Waals surface area (Å²) in [4.78, 5) is 11.5. The fourth-order valence-electron chi connectivity index (χ4n) is 1.56. The molecule has 1 amide bonds. The molecule has 0 fully saturated rings. The standard InChI is InChI=1S/C13H25N3O/c1-4-7-11(6-3)16-12(10-14)9-13(17)15-8-5-2/h3,11-12,16H,4-5,7-10,14H2,1-2H3,(H,15,17). The van der Waals surface area contributed by atoms with E-state index in [4.69, 9.17) is 12.2 Å². The summed E-state index contributed by atoms with van der Waals surface area (Å²) in [7, 11) is 0. The molecule has 0 aliphatic carbocycles. The number of carbonyl (C=O) groups excluding carboxylic acids is 1. The van der Waals surface area contributed by atoms with Crippen molar-refractivity contribution in [3.8, 4) is 12.3 Å². The van der Waals surface area contributed by atoms with E-state index in [1.807, 2.05) is 6.92 Å². The van der Waals surface area contributed by atoms with Crippen molar-refractivity contribution in [2.75, 3.05) is 13.1 Å². The third kappa shape index (κ3) is 7.78. The van der Waals surface area contributed by atoms with Gasteiger partial charge in [0.05, 0.1) is 6.04 Å². The molecular formula is C13H25N3O. The lowest BCUT2D eigenvalue weighted by atomic mass is 10.1. The van der Waals surface area contributed by atoms with Crippen LogP contribution in [0.4, 0.5) is 0 Å². The van der Waals surface area contributed by atoms with Crippen LogP contribution in [0.1, 0.15) is 39.5 Å². The Morgan fingerprint density at radius 2 is 2.12 bits per heavy atom. The van der Waals surface area contributed by atoms with Crippen molar-refractivity contribution in [3.05, 3.63) is 0 Å². The van der Waals surface area contributed by atoms with Crippen molar-refractivity contribution in [2.45, 2.75) is 51.6 Å². The summed E-state index contributed by atoms with van der Waals surface area (Å²) >= 11 is 0. The molecule has 0 saturated carbocycles. The molecule has 17 heavy (non-hydrogen) atoms. The highest BCUT2D eigenvalue weighted by atomic mass is 16.1. The Bertz CT molecular complexity index is 248. The van der Waals surface area contributed by atoms with Crippen molar-refractivity contribution in [2.24, 2.45) is 5.73 Å². The summed E-state index contributed by atoms with van der Waals surface area (Å²) < 4.78 is 0. The minimum atomic E-state index is -0.0422. The second-order valence-electron chi connectivity index (χ2n) is 4.16. The summed E-state index contributed by atoms with van der Waals surface area (Å²) in [5.74, 6) is 2.72. The lowest BCUT2D eigenvalue weighted by Gasteiger charge is -2.20. The van der Waals surface area contributed by atoms with Gasteiger partial charge in [-0.15, -0.1) is 6.42 Å². The number of carbonyl (C=O) groups is 1. The molecule has 0 aromatic heterocycles. The molecule has 0 heterocycles. The first-order valence-corrected chi connectivity index (χ1v) is 6.36. The molecule has 0 rings (SSSR count). The smallest absolute Gasteiger partial charge is 0.221 e. The lowest BCUT2D eigenvalue weighted by Crippen LogP contribution is -2.45. The third-order valence-corrected chi connectivity index (χ3v) is 2.50. The van der Waals surface area contributed by atoms with E-state index in [9.17, 15) is 4.79 Å². The first kappa shape index (κ1) is 16.0. The number of amides is 1. The van der Waals surface area contributed by atoms with E-state index in [0.29, 0.717) is 19.5 Å². The molecule has 0 aromatic rings. The highest BCUT2D eigenvalue weighted by Gasteiger charge is 2.15. The highest BCUT2D eigenvalue weighted by molar-refractivity contribution is 5.76. The number of terminal acetylenes is 1. The van der Waals surface area contributed by atoms with Gasteiger partial charge in [0, 0.05) is 25.6 Å². The number of nitrogens with two attached hydrogens (primary N) is 1. The SMILES string of the molecule is C#CC(CCC)NC(CN)CC(=O)NCCC. The summed E-state index contributed by atoms with van der Waals surface area (Å²) in [6, 6.07) is -0.0352. The Hall–Kier alpha value is -1.05. The molecule has 4 N–H and O–H groups in total. The highest BCUT2D eigenvalue weighted by Crippen LogP contribution is 1.99.